The Bertz CT molecular complexity index is 1210. The molecule has 0 aliphatic rings. The van der Waals surface area contributed by atoms with Gasteiger partial charge in [-0.1, -0.05) is 42.0 Å². The highest BCUT2D eigenvalue weighted by Gasteiger charge is 2.22. The molecular weight excluding hydrogens is 424 g/mol. The fraction of sp³-hybridized carbons (Fsp3) is 0.250. The third-order valence-corrected chi connectivity index (χ3v) is 6.46. The van der Waals surface area contributed by atoms with Crippen LogP contribution in [0.5, 0.6) is 5.75 Å². The Hall–Kier alpha value is -3.52. The molecule has 2 heterocycles. The molecular formula is C24H24N4O3S. The molecule has 32 heavy (non-hydrogen) atoms. The summed E-state index contributed by atoms with van der Waals surface area (Å²) in [7, 11) is 1.76. The van der Waals surface area contributed by atoms with Crippen LogP contribution < -0.4 is 4.74 Å². The summed E-state index contributed by atoms with van der Waals surface area (Å²) < 4.78 is 7.60. The maximum Gasteiger partial charge on any atom is 0.304 e. The van der Waals surface area contributed by atoms with Crippen molar-refractivity contribution in [3.05, 3.63) is 82.4 Å². The van der Waals surface area contributed by atoms with E-state index in [-0.39, 0.29) is 12.3 Å². The van der Waals surface area contributed by atoms with E-state index in [4.69, 9.17) is 9.72 Å². The number of carboxylic acid groups (broad SMARTS) is 1. The van der Waals surface area contributed by atoms with Gasteiger partial charge in [0.25, 0.3) is 0 Å². The number of ether oxygens (including phenoxy) is 1. The summed E-state index contributed by atoms with van der Waals surface area (Å²) in [6, 6.07) is 15.8. The van der Waals surface area contributed by atoms with Crippen molar-refractivity contribution in [1.82, 2.24) is 19.7 Å². The predicted octanol–water partition coefficient (Wildman–Crippen LogP) is 4.74. The van der Waals surface area contributed by atoms with E-state index >= 15 is 0 Å². The van der Waals surface area contributed by atoms with Gasteiger partial charge in [0.1, 0.15) is 29.5 Å². The van der Waals surface area contributed by atoms with Crippen molar-refractivity contribution in [2.75, 3.05) is 0 Å². The van der Waals surface area contributed by atoms with Crippen molar-refractivity contribution in [3.63, 3.8) is 0 Å². The molecule has 1 atom stereocenters. The molecule has 1 N–H and O–H groups in total. The number of benzene rings is 2. The minimum Gasteiger partial charge on any atom is -0.488 e. The van der Waals surface area contributed by atoms with Gasteiger partial charge < -0.3 is 9.84 Å². The van der Waals surface area contributed by atoms with E-state index in [1.807, 2.05) is 31.2 Å². The van der Waals surface area contributed by atoms with E-state index in [2.05, 4.69) is 41.3 Å². The van der Waals surface area contributed by atoms with E-state index in [0.29, 0.717) is 18.2 Å². The normalized spacial score (nSPS) is 12.0. The molecule has 0 radical (unpaired) electrons. The van der Waals surface area contributed by atoms with E-state index in [0.717, 1.165) is 26.7 Å². The lowest BCUT2D eigenvalue weighted by molar-refractivity contribution is -0.137. The number of carboxylic acids is 1. The van der Waals surface area contributed by atoms with Crippen LogP contribution >= 0.6 is 11.3 Å². The van der Waals surface area contributed by atoms with Crippen LogP contribution in [0.2, 0.25) is 0 Å². The third-order valence-electron chi connectivity index (χ3n) is 5.28. The summed E-state index contributed by atoms with van der Waals surface area (Å²) in [6.07, 6.45) is 1.37. The molecule has 8 heteroatoms. The molecule has 4 rings (SSSR count). The summed E-state index contributed by atoms with van der Waals surface area (Å²) in [4.78, 5) is 21.4. The molecule has 0 saturated carbocycles. The fourth-order valence-corrected chi connectivity index (χ4v) is 4.46. The molecule has 0 spiro atoms. The molecule has 4 aromatic rings. The van der Waals surface area contributed by atoms with Crippen molar-refractivity contribution >= 4 is 17.3 Å². The Morgan fingerprint density at radius 2 is 1.84 bits per heavy atom. The maximum absolute atomic E-state index is 11.4. The molecule has 0 aliphatic heterocycles. The summed E-state index contributed by atoms with van der Waals surface area (Å²) in [5.41, 5.74) is 4.14. The van der Waals surface area contributed by atoms with Gasteiger partial charge in [0.15, 0.2) is 0 Å². The van der Waals surface area contributed by atoms with Gasteiger partial charge in [0.2, 0.25) is 0 Å². The highest BCUT2D eigenvalue weighted by Crippen LogP contribution is 2.30. The van der Waals surface area contributed by atoms with Gasteiger partial charge in [-0.25, -0.2) is 9.97 Å². The molecule has 2 aromatic heterocycles. The standard InChI is InChI=1S/C24H24N4O3S/c1-15-4-6-18(7-5-15)24-27-16(2)21(32-24)13-31-19-10-8-17(9-11-19)20(12-22(29)30)23-25-14-26-28(23)3/h4-11,14,20H,12-13H2,1-3H3,(H,29,30). The van der Waals surface area contributed by atoms with Gasteiger partial charge in [0.05, 0.1) is 22.9 Å². The lowest BCUT2D eigenvalue weighted by atomic mass is 9.95. The van der Waals surface area contributed by atoms with Gasteiger partial charge in [-0.15, -0.1) is 11.3 Å². The SMILES string of the molecule is Cc1ccc(-c2nc(C)c(COc3ccc(C(CC(=O)O)c4ncnn4C)cc3)s2)cc1. The number of rotatable bonds is 8. The molecule has 0 aliphatic carbocycles. The first kappa shape index (κ1) is 21.7. The summed E-state index contributed by atoms with van der Waals surface area (Å²) in [5, 5.41) is 14.4. The molecule has 0 bridgehead atoms. The number of hydrogen-bond donors (Lipinski definition) is 1. The molecule has 2 aromatic carbocycles. The first-order chi connectivity index (χ1) is 15.4. The number of aryl methyl sites for hydroxylation is 3. The van der Waals surface area contributed by atoms with E-state index in [1.165, 1.54) is 11.9 Å². The quantitative estimate of drug-likeness (QED) is 0.419. The minimum atomic E-state index is -0.886. The van der Waals surface area contributed by atoms with Crippen molar-refractivity contribution < 1.29 is 14.6 Å². The largest absolute Gasteiger partial charge is 0.488 e. The zero-order valence-corrected chi connectivity index (χ0v) is 19.0. The molecule has 7 nitrogen and oxygen atoms in total. The highest BCUT2D eigenvalue weighted by molar-refractivity contribution is 7.15. The van der Waals surface area contributed by atoms with Crippen LogP contribution in [-0.2, 0) is 18.4 Å². The van der Waals surface area contributed by atoms with Crippen LogP contribution in [-0.4, -0.2) is 30.8 Å². The monoisotopic (exact) mass is 448 g/mol. The van der Waals surface area contributed by atoms with E-state index < -0.39 is 5.97 Å². The number of aliphatic carboxylic acids is 1. The molecule has 1 unspecified atom stereocenters. The third kappa shape index (κ3) is 4.86. The van der Waals surface area contributed by atoms with Crippen molar-refractivity contribution in [3.8, 4) is 16.3 Å². The molecule has 0 amide bonds. The zero-order valence-electron chi connectivity index (χ0n) is 18.1. The van der Waals surface area contributed by atoms with Crippen molar-refractivity contribution in [2.45, 2.75) is 32.8 Å². The minimum absolute atomic E-state index is 0.0609. The van der Waals surface area contributed by atoms with Crippen LogP contribution in [0.3, 0.4) is 0 Å². The van der Waals surface area contributed by atoms with Gasteiger partial charge in [-0.2, -0.15) is 5.10 Å². The second-order valence-electron chi connectivity index (χ2n) is 7.64. The average Bonchev–Trinajstić information content (AvgIpc) is 3.36. The summed E-state index contributed by atoms with van der Waals surface area (Å²) in [5.74, 6) is 0.0636. The second-order valence-corrected chi connectivity index (χ2v) is 8.73. The molecule has 164 valence electrons. The molecule has 0 saturated heterocycles. The number of carbonyl (C=O) groups is 1. The average molecular weight is 449 g/mol. The lowest BCUT2D eigenvalue weighted by Gasteiger charge is -2.15. The fourth-order valence-electron chi connectivity index (χ4n) is 3.48. The van der Waals surface area contributed by atoms with Gasteiger partial charge in [-0.05, 0) is 31.5 Å². The maximum atomic E-state index is 11.4. The Morgan fingerprint density at radius 1 is 1.12 bits per heavy atom. The number of aromatic nitrogens is 4. The van der Waals surface area contributed by atoms with E-state index in [9.17, 15) is 9.90 Å². The first-order valence-electron chi connectivity index (χ1n) is 10.2. The van der Waals surface area contributed by atoms with Crippen LogP contribution in [0.4, 0.5) is 0 Å². The van der Waals surface area contributed by atoms with Crippen molar-refractivity contribution in [2.24, 2.45) is 7.05 Å². The number of hydrogen-bond acceptors (Lipinski definition) is 6. The Morgan fingerprint density at radius 3 is 2.47 bits per heavy atom. The second kappa shape index (κ2) is 9.32. The Labute approximate surface area is 190 Å². The molecule has 0 fully saturated rings. The van der Waals surface area contributed by atoms with E-state index in [1.54, 1.807) is 23.1 Å². The predicted molar refractivity (Wildman–Crippen MR) is 123 cm³/mol. The summed E-state index contributed by atoms with van der Waals surface area (Å²) >= 11 is 1.63. The van der Waals surface area contributed by atoms with Crippen LogP contribution in [0.25, 0.3) is 10.6 Å². The number of nitrogens with zero attached hydrogens (tertiary/aromatic N) is 4. The summed E-state index contributed by atoms with van der Waals surface area (Å²) in [6.45, 7) is 4.49. The topological polar surface area (TPSA) is 90.1 Å². The highest BCUT2D eigenvalue weighted by atomic mass is 32.1. The lowest BCUT2D eigenvalue weighted by Crippen LogP contribution is -2.13. The first-order valence-corrected chi connectivity index (χ1v) is 11.0. The van der Waals surface area contributed by atoms with Crippen LogP contribution in [0.15, 0.2) is 54.9 Å². The van der Waals surface area contributed by atoms with Crippen LogP contribution in [0.1, 0.15) is 39.9 Å². The van der Waals surface area contributed by atoms with Gasteiger partial charge >= 0.3 is 5.97 Å². The van der Waals surface area contributed by atoms with Crippen molar-refractivity contribution in [1.29, 1.82) is 0 Å². The Balaban J connectivity index is 1.46. The Kier molecular flexibility index (Phi) is 6.32. The number of thiazole rings is 1. The smallest absolute Gasteiger partial charge is 0.304 e. The van der Waals surface area contributed by atoms with Gasteiger partial charge in [-0.3, -0.25) is 9.48 Å². The van der Waals surface area contributed by atoms with Gasteiger partial charge in [0, 0.05) is 12.6 Å². The van der Waals surface area contributed by atoms with Crippen LogP contribution in [0, 0.1) is 13.8 Å². The zero-order chi connectivity index (χ0) is 22.7.